The number of rotatable bonds is 13. The van der Waals surface area contributed by atoms with Crippen molar-refractivity contribution in [1.82, 2.24) is 0 Å². The first-order valence-corrected chi connectivity index (χ1v) is 13.3. The van der Waals surface area contributed by atoms with E-state index in [1.54, 1.807) is 7.11 Å². The fraction of sp³-hybridized carbons (Fsp3) is 0.444. The molecule has 5 rings (SSSR count). The van der Waals surface area contributed by atoms with Gasteiger partial charge in [-0.05, 0) is 35.2 Å². The summed E-state index contributed by atoms with van der Waals surface area (Å²) < 4.78 is 41.8. The predicted molar refractivity (Wildman–Crippen MR) is 138 cm³/mol. The van der Waals surface area contributed by atoms with Crippen molar-refractivity contribution in [3.63, 3.8) is 0 Å². The van der Waals surface area contributed by atoms with Crippen LogP contribution in [0, 0.1) is 0 Å². The fourth-order valence-electron chi connectivity index (χ4n) is 4.51. The Kier molecular flexibility index (Phi) is 10.3. The molecule has 0 saturated carbocycles. The Labute approximate surface area is 235 Å². The molecule has 2 aromatic carbocycles. The fourth-order valence-corrected chi connectivity index (χ4v) is 4.73. The molecule has 10 heteroatoms. The monoisotopic (exact) mass is 639 g/mol. The molecule has 0 amide bonds. The number of methoxy groups -OCH3 is 1. The van der Waals surface area contributed by atoms with Crippen LogP contribution >= 0.6 is 15.9 Å². The van der Waals surface area contributed by atoms with Gasteiger partial charge in [0.2, 0.25) is 12.5 Å². The van der Waals surface area contributed by atoms with E-state index in [4.69, 9.17) is 33.2 Å². The minimum absolute atomic E-state index is 0. The number of aryl methyl sites for hydroxylation is 2. The molecule has 200 valence electrons. The van der Waals surface area contributed by atoms with Gasteiger partial charge < -0.3 is 50.1 Å². The van der Waals surface area contributed by atoms with Crippen molar-refractivity contribution >= 4 is 26.7 Å². The quantitative estimate of drug-likeness (QED) is 0.156. The molecule has 2 aliphatic heterocycles. The van der Waals surface area contributed by atoms with Crippen LogP contribution in [0.15, 0.2) is 36.5 Å². The zero-order chi connectivity index (χ0) is 24.7. The third-order valence-corrected chi connectivity index (χ3v) is 6.56. The van der Waals surface area contributed by atoms with E-state index in [1.165, 1.54) is 11.1 Å². The molecule has 3 heterocycles. The Bertz CT molecular complexity index is 1210. The number of halogens is 2. The molecule has 3 aromatic rings. The Morgan fingerprint density at radius 2 is 1.59 bits per heavy atom. The lowest BCUT2D eigenvalue weighted by Crippen LogP contribution is -3.00. The molecule has 0 N–H and O–H groups in total. The number of hydrogen-bond donors (Lipinski definition) is 0. The van der Waals surface area contributed by atoms with E-state index < -0.39 is 0 Å². The Morgan fingerprint density at radius 3 is 2.32 bits per heavy atom. The highest BCUT2D eigenvalue weighted by Gasteiger charge is 2.28. The summed E-state index contributed by atoms with van der Waals surface area (Å²) in [6, 6.07) is 10.4. The summed E-state index contributed by atoms with van der Waals surface area (Å²) in [7, 11) is 1.66. The van der Waals surface area contributed by atoms with Crippen LogP contribution in [0.3, 0.4) is 0 Å². The van der Waals surface area contributed by atoms with Gasteiger partial charge in [-0.1, -0.05) is 15.9 Å². The number of ether oxygens (including phenoxy) is 7. The van der Waals surface area contributed by atoms with Crippen molar-refractivity contribution in [2.24, 2.45) is 0 Å². The second-order valence-corrected chi connectivity index (χ2v) is 9.23. The number of pyridine rings is 1. The number of alkyl halides is 1. The highest BCUT2D eigenvalue weighted by Crippen LogP contribution is 2.41. The number of hydrogen-bond acceptors (Lipinski definition) is 7. The summed E-state index contributed by atoms with van der Waals surface area (Å²) in [5, 5.41) is 2.92. The first kappa shape index (κ1) is 27.9. The third-order valence-electron chi connectivity index (χ3n) is 6.24. The number of benzene rings is 2. The summed E-state index contributed by atoms with van der Waals surface area (Å²) in [5.74, 6) is 3.06. The lowest BCUT2D eigenvalue weighted by atomic mass is 9.95. The van der Waals surface area contributed by atoms with Crippen molar-refractivity contribution in [3.8, 4) is 34.3 Å². The molecule has 0 bridgehead atoms. The SMILES string of the molecule is COc1ccc2cc3[n+](cc2c1OCCOCCOCCOCCBr)CCc1cc2c(cc1-3)OCO2.[Br-]. The van der Waals surface area contributed by atoms with E-state index in [0.29, 0.717) is 52.0 Å². The van der Waals surface area contributed by atoms with Gasteiger partial charge in [-0.25, -0.2) is 0 Å². The molecule has 2 aliphatic rings. The maximum Gasteiger partial charge on any atom is 0.231 e. The lowest BCUT2D eigenvalue weighted by Gasteiger charge is -2.18. The van der Waals surface area contributed by atoms with E-state index >= 15 is 0 Å². The first-order chi connectivity index (χ1) is 17.8. The lowest BCUT2D eigenvalue weighted by molar-refractivity contribution is -0.686. The molecule has 37 heavy (non-hydrogen) atoms. The molecule has 0 spiro atoms. The Balaban J connectivity index is 0.00000320. The molecule has 0 fully saturated rings. The van der Waals surface area contributed by atoms with Crippen LogP contribution in [-0.4, -0.2) is 65.5 Å². The van der Waals surface area contributed by atoms with Gasteiger partial charge in [0.1, 0.15) is 6.61 Å². The standard InChI is InChI=1S/C27H31BrNO7.BrH/c1-30-24-3-2-19-14-23-21-16-26-25(35-18-36-26)15-20(21)4-6-29(23)17-22(19)27(24)34-13-12-33-11-10-32-9-8-31-7-5-28;/h2-3,14-17H,4-13,18H2,1H3;1H/q+1;/p-1. The summed E-state index contributed by atoms with van der Waals surface area (Å²) in [6.07, 6.45) is 3.08. The molecule has 0 atom stereocenters. The van der Waals surface area contributed by atoms with Crippen molar-refractivity contribution in [3.05, 3.63) is 42.1 Å². The minimum Gasteiger partial charge on any atom is -1.00 e. The molecule has 0 unspecified atom stereocenters. The maximum absolute atomic E-state index is 6.17. The maximum atomic E-state index is 6.17. The zero-order valence-electron chi connectivity index (χ0n) is 20.8. The number of aromatic nitrogens is 1. The van der Waals surface area contributed by atoms with Crippen molar-refractivity contribution < 1.29 is 54.7 Å². The van der Waals surface area contributed by atoms with E-state index in [-0.39, 0.29) is 23.8 Å². The highest BCUT2D eigenvalue weighted by molar-refractivity contribution is 9.09. The third kappa shape index (κ3) is 6.49. The highest BCUT2D eigenvalue weighted by atomic mass is 79.9. The number of fused-ring (bicyclic) bond motifs is 5. The van der Waals surface area contributed by atoms with Crippen LogP contribution in [0.1, 0.15) is 5.56 Å². The second kappa shape index (κ2) is 13.6. The molecule has 1 aromatic heterocycles. The van der Waals surface area contributed by atoms with Gasteiger partial charge >= 0.3 is 0 Å². The normalized spacial score (nSPS) is 13.1. The van der Waals surface area contributed by atoms with Crippen LogP contribution in [0.25, 0.3) is 22.0 Å². The van der Waals surface area contributed by atoms with Crippen LogP contribution in [0.2, 0.25) is 0 Å². The van der Waals surface area contributed by atoms with Gasteiger partial charge in [-0.15, -0.1) is 0 Å². The van der Waals surface area contributed by atoms with E-state index in [1.807, 2.05) is 6.07 Å². The van der Waals surface area contributed by atoms with Gasteiger partial charge in [0, 0.05) is 17.8 Å². The minimum atomic E-state index is 0. The molecule has 8 nitrogen and oxygen atoms in total. The molecule has 0 saturated heterocycles. The van der Waals surface area contributed by atoms with Crippen LogP contribution < -0.4 is 40.5 Å². The smallest absolute Gasteiger partial charge is 0.231 e. The second-order valence-electron chi connectivity index (χ2n) is 8.44. The van der Waals surface area contributed by atoms with Crippen molar-refractivity contribution in [2.45, 2.75) is 13.0 Å². The summed E-state index contributed by atoms with van der Waals surface area (Å²) >= 11 is 3.32. The summed E-state index contributed by atoms with van der Waals surface area (Å²) in [4.78, 5) is 0. The van der Waals surface area contributed by atoms with Crippen molar-refractivity contribution in [1.29, 1.82) is 0 Å². The average Bonchev–Trinajstić information content (AvgIpc) is 3.37. The van der Waals surface area contributed by atoms with Crippen LogP contribution in [-0.2, 0) is 27.2 Å². The van der Waals surface area contributed by atoms with Crippen LogP contribution in [0.5, 0.6) is 23.0 Å². The topological polar surface area (TPSA) is 68.5 Å². The summed E-state index contributed by atoms with van der Waals surface area (Å²) in [5.41, 5.74) is 3.60. The zero-order valence-corrected chi connectivity index (χ0v) is 24.0. The number of nitrogens with zero attached hydrogens (tertiary/aromatic N) is 1. The molecular formula is C27H31Br2NO7. The molecular weight excluding hydrogens is 610 g/mol. The van der Waals surface area contributed by atoms with Crippen LogP contribution in [0.4, 0.5) is 0 Å². The predicted octanol–water partition coefficient (Wildman–Crippen LogP) is 0.915. The van der Waals surface area contributed by atoms with Gasteiger partial charge in [0.25, 0.3) is 0 Å². The molecule has 0 aliphatic carbocycles. The average molecular weight is 641 g/mol. The van der Waals surface area contributed by atoms with Gasteiger partial charge in [-0.3, -0.25) is 0 Å². The summed E-state index contributed by atoms with van der Waals surface area (Å²) in [6.45, 7) is 4.91. The van der Waals surface area contributed by atoms with E-state index in [0.717, 1.165) is 52.0 Å². The first-order valence-electron chi connectivity index (χ1n) is 12.2. The van der Waals surface area contributed by atoms with Crippen molar-refractivity contribution in [2.75, 3.05) is 65.5 Å². The molecule has 0 radical (unpaired) electrons. The van der Waals surface area contributed by atoms with E-state index in [2.05, 4.69) is 51.0 Å². The Morgan fingerprint density at radius 1 is 0.892 bits per heavy atom. The van der Waals surface area contributed by atoms with Gasteiger partial charge in [0.15, 0.2) is 35.7 Å². The Hall–Kier alpha value is -2.11. The van der Waals surface area contributed by atoms with E-state index in [9.17, 15) is 0 Å². The van der Waals surface area contributed by atoms with Gasteiger partial charge in [-0.2, -0.15) is 4.57 Å². The van der Waals surface area contributed by atoms with Gasteiger partial charge in [0.05, 0.1) is 57.7 Å². The largest absolute Gasteiger partial charge is 1.00 e.